The predicted molar refractivity (Wildman–Crippen MR) is 138 cm³/mol. The van der Waals surface area contributed by atoms with Crippen LogP contribution in [0.4, 0.5) is 14.6 Å². The molecule has 1 aliphatic heterocycles. The van der Waals surface area contributed by atoms with Gasteiger partial charge in [0, 0.05) is 52.1 Å². The SMILES string of the molecule is Cl.Cl.Cl.Nc1ncc(-c2cnn(C3CCNCC3)c2)cc1-c1cc2c(Cl)c(F)cc(F)c2cn1. The Labute approximate surface area is 218 Å². The quantitative estimate of drug-likeness (QED) is 0.313. The van der Waals surface area contributed by atoms with E-state index in [4.69, 9.17) is 17.3 Å². The topological polar surface area (TPSA) is 81.6 Å². The van der Waals surface area contributed by atoms with Gasteiger partial charge in [-0.1, -0.05) is 11.6 Å². The highest BCUT2D eigenvalue weighted by atomic mass is 35.5. The molecule has 4 aromatic rings. The summed E-state index contributed by atoms with van der Waals surface area (Å²) in [6.45, 7) is 1.95. The molecule has 0 bridgehead atoms. The van der Waals surface area contributed by atoms with Gasteiger partial charge in [-0.25, -0.2) is 13.8 Å². The van der Waals surface area contributed by atoms with E-state index in [0.717, 1.165) is 43.1 Å². The van der Waals surface area contributed by atoms with Crippen LogP contribution in [0.5, 0.6) is 0 Å². The molecule has 3 aromatic heterocycles. The predicted octanol–water partition coefficient (Wildman–Crippen LogP) is 5.86. The van der Waals surface area contributed by atoms with Crippen LogP contribution in [0.2, 0.25) is 5.02 Å². The second kappa shape index (κ2) is 11.5. The van der Waals surface area contributed by atoms with Crippen molar-refractivity contribution in [3.05, 3.63) is 59.6 Å². The van der Waals surface area contributed by atoms with Crippen LogP contribution in [0.1, 0.15) is 18.9 Å². The molecule has 0 spiro atoms. The minimum Gasteiger partial charge on any atom is -0.383 e. The molecule has 5 rings (SSSR count). The Bertz CT molecular complexity index is 1290. The zero-order valence-corrected chi connectivity index (χ0v) is 20.9. The van der Waals surface area contributed by atoms with E-state index >= 15 is 0 Å². The smallest absolute Gasteiger partial charge is 0.145 e. The minimum atomic E-state index is -0.825. The maximum Gasteiger partial charge on any atom is 0.145 e. The van der Waals surface area contributed by atoms with Crippen LogP contribution in [-0.4, -0.2) is 32.8 Å². The summed E-state index contributed by atoms with van der Waals surface area (Å²) in [5, 5.41) is 8.08. The first-order valence-corrected chi connectivity index (χ1v) is 10.3. The summed E-state index contributed by atoms with van der Waals surface area (Å²) in [7, 11) is 0. The normalized spacial score (nSPS) is 13.6. The lowest BCUT2D eigenvalue weighted by Gasteiger charge is -2.22. The summed E-state index contributed by atoms with van der Waals surface area (Å²) in [6, 6.07) is 4.50. The zero-order valence-electron chi connectivity index (χ0n) is 17.7. The second-order valence-corrected chi connectivity index (χ2v) is 7.99. The molecule has 12 heteroatoms. The van der Waals surface area contributed by atoms with Gasteiger partial charge >= 0.3 is 0 Å². The van der Waals surface area contributed by atoms with Crippen molar-refractivity contribution in [1.82, 2.24) is 25.1 Å². The molecule has 1 aromatic carbocycles. The molecule has 1 saturated heterocycles. The number of hydrogen-bond donors (Lipinski definition) is 2. The molecule has 0 atom stereocenters. The second-order valence-electron chi connectivity index (χ2n) is 7.62. The average molecular weight is 550 g/mol. The van der Waals surface area contributed by atoms with E-state index in [-0.39, 0.29) is 58.8 Å². The average Bonchev–Trinajstić information content (AvgIpc) is 3.28. The lowest BCUT2D eigenvalue weighted by Crippen LogP contribution is -2.29. The van der Waals surface area contributed by atoms with E-state index in [1.807, 2.05) is 16.9 Å². The first-order valence-electron chi connectivity index (χ1n) is 9.95. The Morgan fingerprint density at radius 3 is 2.38 bits per heavy atom. The number of aromatic nitrogens is 4. The van der Waals surface area contributed by atoms with Gasteiger partial charge in [0.25, 0.3) is 0 Å². The molecular weight excluding hydrogens is 528 g/mol. The van der Waals surface area contributed by atoms with Crippen LogP contribution >= 0.6 is 48.8 Å². The maximum atomic E-state index is 14.1. The van der Waals surface area contributed by atoms with Crippen LogP contribution in [0.3, 0.4) is 0 Å². The molecule has 0 aliphatic carbocycles. The Hall–Kier alpha value is -2.23. The highest BCUT2D eigenvalue weighted by Gasteiger charge is 2.18. The van der Waals surface area contributed by atoms with Crippen LogP contribution in [0, 0.1) is 11.6 Å². The van der Waals surface area contributed by atoms with Crippen molar-refractivity contribution in [2.45, 2.75) is 18.9 Å². The van der Waals surface area contributed by atoms with Gasteiger partial charge in [0.15, 0.2) is 0 Å². The largest absolute Gasteiger partial charge is 0.383 e. The number of piperidine rings is 1. The summed E-state index contributed by atoms with van der Waals surface area (Å²) in [5.74, 6) is -1.29. The highest BCUT2D eigenvalue weighted by molar-refractivity contribution is 6.35. The molecule has 1 aliphatic rings. The van der Waals surface area contributed by atoms with Crippen molar-refractivity contribution in [1.29, 1.82) is 0 Å². The number of nitrogens with one attached hydrogen (secondary N) is 1. The van der Waals surface area contributed by atoms with Crippen LogP contribution in [-0.2, 0) is 0 Å². The number of nitrogens with two attached hydrogens (primary N) is 1. The number of nitrogen functional groups attached to an aromatic ring is 1. The van der Waals surface area contributed by atoms with Crippen LogP contribution < -0.4 is 11.1 Å². The van der Waals surface area contributed by atoms with Crippen molar-refractivity contribution in [2.24, 2.45) is 0 Å². The molecule has 34 heavy (non-hydrogen) atoms. The molecule has 182 valence electrons. The van der Waals surface area contributed by atoms with E-state index in [1.165, 1.54) is 12.3 Å². The number of fused-ring (bicyclic) bond motifs is 1. The number of rotatable bonds is 3. The molecule has 4 heterocycles. The Morgan fingerprint density at radius 1 is 0.912 bits per heavy atom. The third-order valence-corrected chi connectivity index (χ3v) is 6.06. The van der Waals surface area contributed by atoms with E-state index in [1.54, 1.807) is 12.4 Å². The minimum absolute atomic E-state index is 0. The summed E-state index contributed by atoms with van der Waals surface area (Å²) >= 11 is 6.07. The molecular formula is C22H22Cl4F2N6. The zero-order chi connectivity index (χ0) is 21.5. The summed E-state index contributed by atoms with van der Waals surface area (Å²) in [5.41, 5.74) is 8.81. The molecule has 3 N–H and O–H groups in total. The Balaban J connectivity index is 0.00000136. The van der Waals surface area contributed by atoms with E-state index in [2.05, 4.69) is 20.4 Å². The molecule has 0 amide bonds. The van der Waals surface area contributed by atoms with Gasteiger partial charge < -0.3 is 11.1 Å². The van der Waals surface area contributed by atoms with Gasteiger partial charge in [-0.2, -0.15) is 5.10 Å². The molecule has 0 radical (unpaired) electrons. The maximum absolute atomic E-state index is 14.1. The summed E-state index contributed by atoms with van der Waals surface area (Å²) in [6.07, 6.45) is 8.86. The van der Waals surface area contributed by atoms with Gasteiger partial charge in [-0.05, 0) is 38.1 Å². The van der Waals surface area contributed by atoms with Gasteiger partial charge in [0.2, 0.25) is 0 Å². The van der Waals surface area contributed by atoms with Crippen molar-refractivity contribution >= 4 is 65.4 Å². The number of benzene rings is 1. The summed E-state index contributed by atoms with van der Waals surface area (Å²) in [4.78, 5) is 8.61. The van der Waals surface area contributed by atoms with Gasteiger partial charge in [0.1, 0.15) is 17.5 Å². The fourth-order valence-electron chi connectivity index (χ4n) is 3.95. The number of nitrogens with zero attached hydrogens (tertiary/aromatic N) is 4. The van der Waals surface area contributed by atoms with Gasteiger partial charge in [0.05, 0.1) is 23.0 Å². The number of anilines is 1. The number of halogens is 6. The number of pyridine rings is 2. The highest BCUT2D eigenvalue weighted by Crippen LogP contribution is 2.34. The van der Waals surface area contributed by atoms with Crippen molar-refractivity contribution in [3.63, 3.8) is 0 Å². The molecule has 1 fully saturated rings. The Kier molecular flexibility index (Phi) is 9.45. The van der Waals surface area contributed by atoms with Crippen molar-refractivity contribution in [3.8, 4) is 22.4 Å². The molecule has 0 unspecified atom stereocenters. The third kappa shape index (κ3) is 5.21. The van der Waals surface area contributed by atoms with Gasteiger partial charge in [-0.3, -0.25) is 9.67 Å². The van der Waals surface area contributed by atoms with Crippen LogP contribution in [0.15, 0.2) is 43.0 Å². The fraction of sp³-hybridized carbons (Fsp3) is 0.227. The summed E-state index contributed by atoms with van der Waals surface area (Å²) < 4.78 is 30.0. The lowest BCUT2D eigenvalue weighted by atomic mass is 10.0. The Morgan fingerprint density at radius 2 is 1.65 bits per heavy atom. The lowest BCUT2D eigenvalue weighted by molar-refractivity contribution is 0.343. The first kappa shape index (κ1) is 28.0. The number of hydrogen-bond acceptors (Lipinski definition) is 5. The van der Waals surface area contributed by atoms with Crippen LogP contribution in [0.25, 0.3) is 33.2 Å². The third-order valence-electron chi connectivity index (χ3n) is 5.67. The first-order chi connectivity index (χ1) is 15.0. The van der Waals surface area contributed by atoms with E-state index in [9.17, 15) is 8.78 Å². The molecule has 6 nitrogen and oxygen atoms in total. The van der Waals surface area contributed by atoms with Crippen molar-refractivity contribution < 1.29 is 8.78 Å². The van der Waals surface area contributed by atoms with E-state index < -0.39 is 11.6 Å². The van der Waals surface area contributed by atoms with Crippen molar-refractivity contribution in [2.75, 3.05) is 18.8 Å². The molecule has 0 saturated carbocycles. The van der Waals surface area contributed by atoms with E-state index in [0.29, 0.717) is 17.3 Å². The standard InChI is InChI=1S/C22H19ClF2N6.3ClH/c23-21-15-6-20(28-10-17(15)18(24)7-19(21)25)16-5-12(8-29-22(16)26)13-9-30-31(11-13)14-1-3-27-4-2-14;;;/h5-11,14,27H,1-4H2,(H2,26,29);3*1H. The monoisotopic (exact) mass is 548 g/mol. The van der Waals surface area contributed by atoms with Gasteiger partial charge in [-0.15, -0.1) is 37.2 Å². The fourth-order valence-corrected chi connectivity index (χ4v) is 4.16.